The van der Waals surface area contributed by atoms with E-state index in [0.717, 1.165) is 0 Å². The van der Waals surface area contributed by atoms with Crippen molar-refractivity contribution in [2.24, 2.45) is 0 Å². The van der Waals surface area contributed by atoms with Gasteiger partial charge in [-0.3, -0.25) is 0 Å². The maximum absolute atomic E-state index is 12.9. The summed E-state index contributed by atoms with van der Waals surface area (Å²) in [6, 6.07) is 13.0. The molecule has 0 saturated heterocycles. The van der Waals surface area contributed by atoms with Crippen molar-refractivity contribution in [1.29, 1.82) is 0 Å². The number of nitrogens with zero attached hydrogens (tertiary/aromatic N) is 2. The van der Waals surface area contributed by atoms with Crippen molar-refractivity contribution in [2.45, 2.75) is 10.3 Å². The molecular weight excluding hydrogens is 362 g/mol. The van der Waals surface area contributed by atoms with Crippen LogP contribution >= 0.6 is 11.6 Å². The molecule has 0 fully saturated rings. The van der Waals surface area contributed by atoms with Crippen LogP contribution in [0.25, 0.3) is 22.5 Å². The molecule has 5 nitrogen and oxygen atoms in total. The molecule has 2 aromatic carbocycles. The van der Waals surface area contributed by atoms with Gasteiger partial charge in [0.25, 0.3) is 0 Å². The second-order valence-electron chi connectivity index (χ2n) is 4.77. The fourth-order valence-electron chi connectivity index (χ4n) is 2.13. The zero-order valence-electron chi connectivity index (χ0n) is 11.8. The van der Waals surface area contributed by atoms with Crippen LogP contribution in [0.5, 0.6) is 0 Å². The highest BCUT2D eigenvalue weighted by molar-refractivity contribution is 7.72. The molecule has 0 bridgehead atoms. The predicted octanol–water partition coefficient (Wildman–Crippen LogP) is 3.66. The van der Waals surface area contributed by atoms with E-state index in [-0.39, 0.29) is 10.7 Å². The standard InChI is InChI=1S/C15H9ClF2N2O3S/c16-15(17,18)14-19-13(20-23-14)10-7-5-9(6-8-10)11-3-1-2-4-12(11)24(21)22/h1-8,24H. The maximum Gasteiger partial charge on any atom is 0.400 e. The minimum Gasteiger partial charge on any atom is -0.331 e. The molecule has 1 heterocycles. The van der Waals surface area contributed by atoms with E-state index in [1.54, 1.807) is 42.5 Å². The second-order valence-corrected chi connectivity index (χ2v) is 6.24. The summed E-state index contributed by atoms with van der Waals surface area (Å²) in [7, 11) is -2.74. The first kappa shape index (κ1) is 16.5. The van der Waals surface area contributed by atoms with Crippen LogP contribution < -0.4 is 0 Å². The van der Waals surface area contributed by atoms with Crippen molar-refractivity contribution < 1.29 is 21.7 Å². The Labute approximate surface area is 141 Å². The highest BCUT2D eigenvalue weighted by Gasteiger charge is 2.35. The first-order valence-electron chi connectivity index (χ1n) is 6.61. The zero-order chi connectivity index (χ0) is 17.3. The predicted molar refractivity (Wildman–Crippen MR) is 83.5 cm³/mol. The van der Waals surface area contributed by atoms with Gasteiger partial charge < -0.3 is 4.52 Å². The zero-order valence-corrected chi connectivity index (χ0v) is 13.5. The quantitative estimate of drug-likeness (QED) is 0.560. The molecule has 0 unspecified atom stereocenters. The van der Waals surface area contributed by atoms with Gasteiger partial charge in [0.15, 0.2) is 10.7 Å². The van der Waals surface area contributed by atoms with Crippen molar-refractivity contribution in [3.63, 3.8) is 0 Å². The van der Waals surface area contributed by atoms with E-state index in [4.69, 9.17) is 11.6 Å². The minimum absolute atomic E-state index is 0.0416. The molecular formula is C15H9ClF2N2O3S. The van der Waals surface area contributed by atoms with Crippen LogP contribution in [0, 0.1) is 0 Å². The molecule has 0 aliphatic carbocycles. The third kappa shape index (κ3) is 3.29. The number of hydrogen-bond acceptors (Lipinski definition) is 5. The fourth-order valence-corrected chi connectivity index (χ4v) is 2.82. The van der Waals surface area contributed by atoms with Crippen molar-refractivity contribution in [1.82, 2.24) is 10.1 Å². The Kier molecular flexibility index (Phi) is 4.33. The highest BCUT2D eigenvalue weighted by atomic mass is 35.5. The largest absolute Gasteiger partial charge is 0.400 e. The van der Waals surface area contributed by atoms with Gasteiger partial charge >= 0.3 is 11.3 Å². The monoisotopic (exact) mass is 370 g/mol. The molecule has 0 spiro atoms. The second kappa shape index (κ2) is 6.29. The average Bonchev–Trinajstić information content (AvgIpc) is 3.05. The third-order valence-corrected chi connectivity index (χ3v) is 4.17. The molecule has 0 saturated carbocycles. The molecule has 0 radical (unpaired) electrons. The van der Waals surface area contributed by atoms with E-state index in [0.29, 0.717) is 16.7 Å². The Morgan fingerprint density at radius 1 is 1.00 bits per heavy atom. The lowest BCUT2D eigenvalue weighted by Crippen LogP contribution is -2.03. The molecule has 124 valence electrons. The van der Waals surface area contributed by atoms with E-state index in [1.165, 1.54) is 6.07 Å². The van der Waals surface area contributed by atoms with Crippen molar-refractivity contribution >= 4 is 22.3 Å². The van der Waals surface area contributed by atoms with Gasteiger partial charge in [-0.1, -0.05) is 47.6 Å². The van der Waals surface area contributed by atoms with E-state index in [2.05, 4.69) is 14.7 Å². The summed E-state index contributed by atoms with van der Waals surface area (Å²) >= 11 is 4.82. The number of hydrogen-bond donors (Lipinski definition) is 1. The van der Waals surface area contributed by atoms with Crippen LogP contribution in [0.1, 0.15) is 5.89 Å². The first-order chi connectivity index (χ1) is 11.4. The normalized spacial score (nSPS) is 11.8. The number of rotatable bonds is 4. The molecule has 1 aromatic heterocycles. The van der Waals surface area contributed by atoms with E-state index in [9.17, 15) is 17.2 Å². The molecule has 0 atom stereocenters. The lowest BCUT2D eigenvalue weighted by molar-refractivity contribution is 0.0551. The molecule has 3 rings (SSSR count). The van der Waals surface area contributed by atoms with E-state index >= 15 is 0 Å². The number of halogens is 3. The fraction of sp³-hybridized carbons (Fsp3) is 0.0667. The van der Waals surface area contributed by atoms with Gasteiger partial charge in [0.1, 0.15) is 0 Å². The van der Waals surface area contributed by atoms with E-state index in [1.807, 2.05) is 0 Å². The van der Waals surface area contributed by atoms with Crippen LogP contribution in [0.3, 0.4) is 0 Å². The Balaban J connectivity index is 1.96. The van der Waals surface area contributed by atoms with Gasteiger partial charge in [0.05, 0.1) is 4.90 Å². The molecule has 0 N–H and O–H groups in total. The Morgan fingerprint density at radius 3 is 2.21 bits per heavy atom. The SMILES string of the molecule is O=[SH](=O)c1ccccc1-c1ccc(-c2noc(C(F)(F)Cl)n2)cc1. The number of alkyl halides is 3. The molecule has 0 aliphatic heterocycles. The summed E-state index contributed by atoms with van der Waals surface area (Å²) in [4.78, 5) is 3.74. The van der Waals surface area contributed by atoms with Gasteiger partial charge in [0.2, 0.25) is 5.82 Å². The maximum atomic E-state index is 12.9. The number of benzene rings is 2. The lowest BCUT2D eigenvalue weighted by Gasteiger charge is -2.05. The van der Waals surface area contributed by atoms with Crippen LogP contribution in [0.15, 0.2) is 57.9 Å². The summed E-state index contributed by atoms with van der Waals surface area (Å²) in [5, 5.41) is -0.279. The van der Waals surface area contributed by atoms with Crippen molar-refractivity contribution in [3.8, 4) is 22.5 Å². The summed E-state index contributed by atoms with van der Waals surface area (Å²) in [6.07, 6.45) is 0. The molecule has 0 amide bonds. The number of aromatic nitrogens is 2. The van der Waals surface area contributed by atoms with Crippen LogP contribution in [0.4, 0.5) is 8.78 Å². The summed E-state index contributed by atoms with van der Waals surface area (Å²) in [5.74, 6) is -1.03. The lowest BCUT2D eigenvalue weighted by atomic mass is 10.0. The topological polar surface area (TPSA) is 73.1 Å². The van der Waals surface area contributed by atoms with Gasteiger partial charge in [-0.2, -0.15) is 13.8 Å². The van der Waals surface area contributed by atoms with Crippen molar-refractivity contribution in [3.05, 3.63) is 54.4 Å². The Bertz CT molecular complexity index is 942. The molecule has 0 aliphatic rings. The minimum atomic E-state index is -3.73. The third-order valence-electron chi connectivity index (χ3n) is 3.22. The highest BCUT2D eigenvalue weighted by Crippen LogP contribution is 2.32. The summed E-state index contributed by atoms with van der Waals surface area (Å²) in [6.45, 7) is 0. The molecule has 9 heteroatoms. The van der Waals surface area contributed by atoms with Crippen molar-refractivity contribution in [2.75, 3.05) is 0 Å². The Hall–Kier alpha value is -2.32. The van der Waals surface area contributed by atoms with Gasteiger partial charge in [-0.25, -0.2) is 8.42 Å². The van der Waals surface area contributed by atoms with Gasteiger partial charge in [-0.05, 0) is 23.2 Å². The molecule has 24 heavy (non-hydrogen) atoms. The molecule has 3 aromatic rings. The summed E-state index contributed by atoms with van der Waals surface area (Å²) in [5.41, 5.74) is 1.62. The average molecular weight is 371 g/mol. The van der Waals surface area contributed by atoms with Gasteiger partial charge in [-0.15, -0.1) is 0 Å². The first-order valence-corrected chi connectivity index (χ1v) is 8.17. The Morgan fingerprint density at radius 2 is 1.62 bits per heavy atom. The number of thiol groups is 1. The van der Waals surface area contributed by atoms with E-state index < -0.39 is 22.0 Å². The van der Waals surface area contributed by atoms with Gasteiger partial charge in [0, 0.05) is 11.1 Å². The summed E-state index contributed by atoms with van der Waals surface area (Å²) < 4.78 is 52.8. The van der Waals surface area contributed by atoms with Crippen LogP contribution in [0.2, 0.25) is 0 Å². The smallest absolute Gasteiger partial charge is 0.331 e. The van der Waals surface area contributed by atoms with Crippen LogP contribution in [-0.2, 0) is 16.1 Å². The van der Waals surface area contributed by atoms with Crippen LogP contribution in [-0.4, -0.2) is 18.6 Å².